The van der Waals surface area contributed by atoms with Gasteiger partial charge in [-0.25, -0.2) is 9.97 Å². The van der Waals surface area contributed by atoms with Gasteiger partial charge in [-0.2, -0.15) is 5.10 Å². The molecule has 2 heterocycles. The number of nitrogens with zero attached hydrogens (tertiary/aromatic N) is 3. The number of carbonyl (C=O) groups excluding carboxylic acids is 1. The van der Waals surface area contributed by atoms with Gasteiger partial charge >= 0.3 is 0 Å². The molecule has 0 amide bonds. The van der Waals surface area contributed by atoms with Crippen LogP contribution in [0.15, 0.2) is 48.5 Å². The maximum Gasteiger partial charge on any atom is 0.230 e. The first-order valence-corrected chi connectivity index (χ1v) is 8.75. The quantitative estimate of drug-likeness (QED) is 0.508. The number of H-pyrrole nitrogens is 1. The molecule has 134 valence electrons. The number of nitrogens with one attached hydrogen (secondary N) is 2. The molecule has 0 aliphatic rings. The van der Waals surface area contributed by atoms with Crippen LogP contribution in [-0.4, -0.2) is 25.9 Å². The van der Waals surface area contributed by atoms with E-state index in [2.05, 4.69) is 25.5 Å². The fraction of sp³-hybridized carbons (Fsp3) is 0.100. The van der Waals surface area contributed by atoms with Crippen LogP contribution < -0.4 is 5.32 Å². The van der Waals surface area contributed by atoms with Crippen molar-refractivity contribution in [3.05, 3.63) is 76.2 Å². The largest absolute Gasteiger partial charge is 0.323 e. The fourth-order valence-corrected chi connectivity index (χ4v) is 2.90. The number of aryl methyl sites for hydroxylation is 2. The van der Waals surface area contributed by atoms with Crippen LogP contribution in [0.1, 0.15) is 27.4 Å². The van der Waals surface area contributed by atoms with Gasteiger partial charge in [-0.05, 0) is 32.0 Å². The summed E-state index contributed by atoms with van der Waals surface area (Å²) in [5.74, 6) is 0.955. The van der Waals surface area contributed by atoms with Crippen molar-refractivity contribution in [2.75, 3.05) is 5.32 Å². The number of benzene rings is 2. The molecular weight excluding hydrogens is 362 g/mol. The molecular formula is C20H16ClN5O. The maximum absolute atomic E-state index is 12.9. The van der Waals surface area contributed by atoms with Gasteiger partial charge in [0.05, 0.1) is 5.52 Å². The zero-order valence-corrected chi connectivity index (χ0v) is 15.5. The first kappa shape index (κ1) is 17.2. The second kappa shape index (κ2) is 6.81. The third-order valence-electron chi connectivity index (χ3n) is 4.13. The normalized spacial score (nSPS) is 10.9. The van der Waals surface area contributed by atoms with Crippen molar-refractivity contribution in [1.29, 1.82) is 0 Å². The van der Waals surface area contributed by atoms with Crippen LogP contribution in [0.3, 0.4) is 0 Å². The molecule has 0 fully saturated rings. The lowest BCUT2D eigenvalue weighted by Gasteiger charge is -2.09. The van der Waals surface area contributed by atoms with Crippen LogP contribution in [0.5, 0.6) is 0 Å². The van der Waals surface area contributed by atoms with Crippen LogP contribution in [0.2, 0.25) is 5.02 Å². The molecule has 2 N–H and O–H groups in total. The maximum atomic E-state index is 12.9. The van der Waals surface area contributed by atoms with E-state index in [1.54, 1.807) is 24.3 Å². The number of ketones is 1. The number of fused-ring (bicyclic) bond motifs is 1. The van der Waals surface area contributed by atoms with E-state index < -0.39 is 0 Å². The Labute approximate surface area is 160 Å². The highest BCUT2D eigenvalue weighted by Gasteiger charge is 2.17. The minimum absolute atomic E-state index is 0.100. The Morgan fingerprint density at radius 3 is 2.52 bits per heavy atom. The summed E-state index contributed by atoms with van der Waals surface area (Å²) in [7, 11) is 0. The van der Waals surface area contributed by atoms with E-state index in [0.29, 0.717) is 27.7 Å². The summed E-state index contributed by atoms with van der Waals surface area (Å²) in [6.07, 6.45) is 0. The molecule has 0 spiro atoms. The van der Waals surface area contributed by atoms with Gasteiger partial charge in [0.2, 0.25) is 11.6 Å². The number of hydrogen-bond acceptors (Lipinski definition) is 5. The molecule has 0 saturated heterocycles. The van der Waals surface area contributed by atoms with Crippen molar-refractivity contribution in [1.82, 2.24) is 20.2 Å². The molecule has 0 aliphatic carbocycles. The Hall–Kier alpha value is -3.25. The smallest absolute Gasteiger partial charge is 0.230 e. The first-order valence-electron chi connectivity index (χ1n) is 8.37. The number of anilines is 2. The van der Waals surface area contributed by atoms with Gasteiger partial charge in [0.25, 0.3) is 0 Å². The molecule has 0 bridgehead atoms. The third-order valence-corrected chi connectivity index (χ3v) is 4.36. The zero-order chi connectivity index (χ0) is 19.0. The van der Waals surface area contributed by atoms with Gasteiger partial charge in [0.15, 0.2) is 5.82 Å². The van der Waals surface area contributed by atoms with E-state index in [4.69, 9.17) is 11.6 Å². The molecule has 2 aromatic heterocycles. The molecule has 0 atom stereocenters. The highest BCUT2D eigenvalue weighted by Crippen LogP contribution is 2.26. The van der Waals surface area contributed by atoms with Crippen molar-refractivity contribution in [3.8, 4) is 0 Å². The Kier molecular flexibility index (Phi) is 4.33. The van der Waals surface area contributed by atoms with Crippen LogP contribution in [0.4, 0.5) is 11.6 Å². The first-order chi connectivity index (χ1) is 13.0. The summed E-state index contributed by atoms with van der Waals surface area (Å²) < 4.78 is 0. The molecule has 0 aliphatic heterocycles. The van der Waals surface area contributed by atoms with E-state index in [1.807, 2.05) is 38.1 Å². The second-order valence-electron chi connectivity index (χ2n) is 6.31. The minimum atomic E-state index is -0.252. The van der Waals surface area contributed by atoms with E-state index in [1.165, 1.54) is 0 Å². The van der Waals surface area contributed by atoms with Crippen LogP contribution in [0.25, 0.3) is 10.9 Å². The molecule has 27 heavy (non-hydrogen) atoms. The van der Waals surface area contributed by atoms with E-state index in [-0.39, 0.29) is 11.6 Å². The molecule has 4 aromatic rings. The number of aromatic nitrogens is 4. The van der Waals surface area contributed by atoms with Gasteiger partial charge in [0.1, 0.15) is 5.82 Å². The molecule has 2 aromatic carbocycles. The Morgan fingerprint density at radius 1 is 1.04 bits per heavy atom. The second-order valence-corrected chi connectivity index (χ2v) is 6.75. The van der Waals surface area contributed by atoms with Crippen LogP contribution >= 0.6 is 11.6 Å². The molecule has 4 rings (SSSR count). The topological polar surface area (TPSA) is 83.6 Å². The van der Waals surface area contributed by atoms with Crippen molar-refractivity contribution < 1.29 is 4.79 Å². The van der Waals surface area contributed by atoms with Gasteiger partial charge in [-0.15, -0.1) is 0 Å². The summed E-state index contributed by atoms with van der Waals surface area (Å²) in [6, 6.07) is 14.5. The number of halogens is 1. The summed E-state index contributed by atoms with van der Waals surface area (Å²) in [6.45, 7) is 3.87. The van der Waals surface area contributed by atoms with Gasteiger partial charge in [0, 0.05) is 27.7 Å². The van der Waals surface area contributed by atoms with E-state index in [0.717, 1.165) is 16.6 Å². The fourth-order valence-electron chi connectivity index (χ4n) is 2.74. The molecule has 0 saturated carbocycles. The lowest BCUT2D eigenvalue weighted by atomic mass is 10.1. The predicted octanol–water partition coefficient (Wildman–Crippen LogP) is 4.60. The molecule has 7 heteroatoms. The number of hydrogen-bond donors (Lipinski definition) is 2. The Balaban J connectivity index is 1.83. The van der Waals surface area contributed by atoms with Gasteiger partial charge in [-0.1, -0.05) is 41.4 Å². The minimum Gasteiger partial charge on any atom is -0.323 e. The number of aromatic amines is 1. The standard InChI is InChI=1S/C20H16ClN5O/c1-11-3-5-13(6-4-11)18(27)20-22-16-10-14(21)7-8-15(16)19(24-20)23-17-9-12(2)25-26-17/h3-10H,1-2H3,(H2,22,23,24,25,26). The average Bonchev–Trinajstić information content (AvgIpc) is 3.06. The predicted molar refractivity (Wildman–Crippen MR) is 106 cm³/mol. The Bertz CT molecular complexity index is 1150. The molecule has 6 nitrogen and oxygen atoms in total. The Morgan fingerprint density at radius 2 is 1.81 bits per heavy atom. The van der Waals surface area contributed by atoms with Crippen LogP contribution in [-0.2, 0) is 0 Å². The summed E-state index contributed by atoms with van der Waals surface area (Å²) in [5, 5.41) is 11.5. The van der Waals surface area contributed by atoms with Gasteiger partial charge in [-0.3, -0.25) is 9.89 Å². The van der Waals surface area contributed by atoms with Crippen molar-refractivity contribution in [2.24, 2.45) is 0 Å². The molecule has 0 unspecified atom stereocenters. The van der Waals surface area contributed by atoms with E-state index >= 15 is 0 Å². The number of carbonyl (C=O) groups is 1. The van der Waals surface area contributed by atoms with Crippen molar-refractivity contribution >= 4 is 39.9 Å². The van der Waals surface area contributed by atoms with E-state index in [9.17, 15) is 4.79 Å². The summed E-state index contributed by atoms with van der Waals surface area (Å²) >= 11 is 6.12. The summed E-state index contributed by atoms with van der Waals surface area (Å²) in [4.78, 5) is 21.8. The SMILES string of the molecule is Cc1ccc(C(=O)c2nc(Nc3cc(C)[nH]n3)c3ccc(Cl)cc3n2)cc1. The highest BCUT2D eigenvalue weighted by molar-refractivity contribution is 6.31. The lowest BCUT2D eigenvalue weighted by molar-refractivity contribution is 0.103. The van der Waals surface area contributed by atoms with Gasteiger partial charge < -0.3 is 5.32 Å². The van der Waals surface area contributed by atoms with Crippen LogP contribution in [0, 0.1) is 13.8 Å². The average molecular weight is 378 g/mol. The zero-order valence-electron chi connectivity index (χ0n) is 14.7. The summed E-state index contributed by atoms with van der Waals surface area (Å²) in [5.41, 5.74) is 3.11. The third kappa shape index (κ3) is 3.52. The monoisotopic (exact) mass is 377 g/mol. The van der Waals surface area contributed by atoms with Crippen molar-refractivity contribution in [3.63, 3.8) is 0 Å². The molecule has 0 radical (unpaired) electrons. The van der Waals surface area contributed by atoms with Crippen molar-refractivity contribution in [2.45, 2.75) is 13.8 Å². The highest BCUT2D eigenvalue weighted by atomic mass is 35.5. The lowest BCUT2D eigenvalue weighted by Crippen LogP contribution is -2.09. The number of rotatable bonds is 4.